The monoisotopic (exact) mass is 227 g/mol. The van der Waals surface area contributed by atoms with Crippen LogP contribution in [0.1, 0.15) is 18.4 Å². The first kappa shape index (κ1) is 11.5. The normalized spacial score (nSPS) is 21.0. The van der Waals surface area contributed by atoms with Gasteiger partial charge in [-0.2, -0.15) is 0 Å². The van der Waals surface area contributed by atoms with E-state index in [1.54, 1.807) is 0 Å². The van der Waals surface area contributed by atoms with Gasteiger partial charge in [-0.25, -0.2) is 8.78 Å². The van der Waals surface area contributed by atoms with Crippen LogP contribution in [0.5, 0.6) is 0 Å². The second kappa shape index (κ2) is 5.37. The maximum Gasteiger partial charge on any atom is 0.131 e. The van der Waals surface area contributed by atoms with Gasteiger partial charge in [-0.05, 0) is 31.5 Å². The second-order valence-electron chi connectivity index (χ2n) is 3.98. The first-order valence-electron chi connectivity index (χ1n) is 5.52. The Kier molecular flexibility index (Phi) is 3.85. The summed E-state index contributed by atoms with van der Waals surface area (Å²) in [6.07, 6.45) is 2.06. The van der Waals surface area contributed by atoms with Crippen molar-refractivity contribution >= 4 is 0 Å². The number of hydrogen-bond acceptors (Lipinski definition) is 2. The summed E-state index contributed by atoms with van der Waals surface area (Å²) in [5.41, 5.74) is 0.0214. The molecule has 1 heterocycles. The first-order chi connectivity index (χ1) is 7.77. The molecule has 0 saturated carbocycles. The lowest BCUT2D eigenvalue weighted by Crippen LogP contribution is -2.35. The van der Waals surface area contributed by atoms with Gasteiger partial charge in [0, 0.05) is 12.1 Å². The fourth-order valence-electron chi connectivity index (χ4n) is 1.83. The standard InChI is InChI=1S/C12H15F2NO/c13-11-4-1-5-12(14)10(11)8-16-9-3-2-6-15-7-9/h1,4-5,9,15H,2-3,6-8H2. The van der Waals surface area contributed by atoms with E-state index in [-0.39, 0.29) is 18.3 Å². The number of nitrogens with one attached hydrogen (secondary N) is 1. The van der Waals surface area contributed by atoms with Gasteiger partial charge in [0.1, 0.15) is 11.6 Å². The molecule has 0 aromatic heterocycles. The topological polar surface area (TPSA) is 21.3 Å². The van der Waals surface area contributed by atoms with Crippen molar-refractivity contribution in [3.8, 4) is 0 Å². The van der Waals surface area contributed by atoms with Crippen molar-refractivity contribution in [1.82, 2.24) is 5.32 Å². The van der Waals surface area contributed by atoms with Crippen LogP contribution < -0.4 is 5.32 Å². The lowest BCUT2D eigenvalue weighted by molar-refractivity contribution is 0.0225. The maximum atomic E-state index is 13.3. The van der Waals surface area contributed by atoms with E-state index in [1.165, 1.54) is 18.2 Å². The van der Waals surface area contributed by atoms with Crippen molar-refractivity contribution in [1.29, 1.82) is 0 Å². The van der Waals surface area contributed by atoms with Crippen molar-refractivity contribution in [2.45, 2.75) is 25.6 Å². The van der Waals surface area contributed by atoms with E-state index in [4.69, 9.17) is 4.74 Å². The Morgan fingerprint density at radius 2 is 2.06 bits per heavy atom. The molecule has 1 aliphatic heterocycles. The zero-order valence-corrected chi connectivity index (χ0v) is 9.01. The van der Waals surface area contributed by atoms with Gasteiger partial charge in [0.2, 0.25) is 0 Å². The Labute approximate surface area is 93.6 Å². The van der Waals surface area contributed by atoms with Gasteiger partial charge in [0.05, 0.1) is 12.7 Å². The van der Waals surface area contributed by atoms with E-state index in [2.05, 4.69) is 5.32 Å². The van der Waals surface area contributed by atoms with Gasteiger partial charge >= 0.3 is 0 Å². The molecule has 1 fully saturated rings. The molecule has 1 saturated heterocycles. The maximum absolute atomic E-state index is 13.3. The van der Waals surface area contributed by atoms with Crippen LogP contribution in [0.2, 0.25) is 0 Å². The predicted octanol–water partition coefficient (Wildman–Crippen LogP) is 2.23. The summed E-state index contributed by atoms with van der Waals surface area (Å²) < 4.78 is 32.0. The summed E-state index contributed by atoms with van der Waals surface area (Å²) in [5.74, 6) is -1.08. The molecule has 0 aliphatic carbocycles. The molecule has 16 heavy (non-hydrogen) atoms. The van der Waals surface area contributed by atoms with E-state index in [0.717, 1.165) is 25.9 Å². The van der Waals surface area contributed by atoms with Crippen LogP contribution in [-0.4, -0.2) is 19.2 Å². The van der Waals surface area contributed by atoms with Crippen LogP contribution in [0.15, 0.2) is 18.2 Å². The van der Waals surface area contributed by atoms with Gasteiger partial charge in [-0.3, -0.25) is 0 Å². The minimum Gasteiger partial charge on any atom is -0.372 e. The summed E-state index contributed by atoms with van der Waals surface area (Å²) in [4.78, 5) is 0. The third kappa shape index (κ3) is 2.77. The summed E-state index contributed by atoms with van der Waals surface area (Å²) in [6, 6.07) is 3.86. The Bertz CT molecular complexity index is 331. The van der Waals surface area contributed by atoms with Gasteiger partial charge in [-0.1, -0.05) is 6.07 Å². The molecule has 0 amide bonds. The van der Waals surface area contributed by atoms with Crippen molar-refractivity contribution in [3.63, 3.8) is 0 Å². The van der Waals surface area contributed by atoms with Crippen molar-refractivity contribution in [2.24, 2.45) is 0 Å². The molecule has 1 aliphatic rings. The Balaban J connectivity index is 1.93. The van der Waals surface area contributed by atoms with Gasteiger partial charge in [0.15, 0.2) is 0 Å². The van der Waals surface area contributed by atoms with Gasteiger partial charge in [0.25, 0.3) is 0 Å². The molecule has 1 unspecified atom stereocenters. The quantitative estimate of drug-likeness (QED) is 0.855. The summed E-state index contributed by atoms with van der Waals surface area (Å²) in [6.45, 7) is 1.76. The van der Waals surface area contributed by atoms with Crippen molar-refractivity contribution in [2.75, 3.05) is 13.1 Å². The van der Waals surface area contributed by atoms with E-state index in [1.807, 2.05) is 0 Å². The molecule has 1 aromatic carbocycles. The van der Waals surface area contributed by atoms with Crippen molar-refractivity contribution < 1.29 is 13.5 Å². The molecule has 0 spiro atoms. The number of hydrogen-bond donors (Lipinski definition) is 1. The molecule has 88 valence electrons. The van der Waals surface area contributed by atoms with E-state index >= 15 is 0 Å². The molecule has 2 rings (SSSR count). The number of ether oxygens (including phenoxy) is 1. The Hall–Kier alpha value is -1.00. The van der Waals surface area contributed by atoms with Gasteiger partial charge in [-0.15, -0.1) is 0 Å². The predicted molar refractivity (Wildman–Crippen MR) is 57.0 cm³/mol. The Morgan fingerprint density at radius 1 is 1.31 bits per heavy atom. The zero-order chi connectivity index (χ0) is 11.4. The molecule has 4 heteroatoms. The first-order valence-corrected chi connectivity index (χ1v) is 5.52. The van der Waals surface area contributed by atoms with Gasteiger partial charge < -0.3 is 10.1 Å². The summed E-state index contributed by atoms with van der Waals surface area (Å²) in [5, 5.41) is 3.19. The third-order valence-electron chi connectivity index (χ3n) is 2.78. The SMILES string of the molecule is Fc1cccc(F)c1COC1CCCNC1. The highest BCUT2D eigenvalue weighted by atomic mass is 19.1. The van der Waals surface area contributed by atoms with Crippen LogP contribution in [0.4, 0.5) is 8.78 Å². The molecule has 2 nitrogen and oxygen atoms in total. The highest BCUT2D eigenvalue weighted by molar-refractivity contribution is 5.18. The van der Waals surface area contributed by atoms with E-state index < -0.39 is 11.6 Å². The highest BCUT2D eigenvalue weighted by Crippen LogP contribution is 2.15. The average Bonchev–Trinajstić information content (AvgIpc) is 2.30. The number of rotatable bonds is 3. The summed E-state index contributed by atoms with van der Waals surface area (Å²) >= 11 is 0. The molecule has 0 radical (unpaired) electrons. The number of benzene rings is 1. The molecule has 1 aromatic rings. The second-order valence-corrected chi connectivity index (χ2v) is 3.98. The third-order valence-corrected chi connectivity index (χ3v) is 2.78. The molecule has 1 atom stereocenters. The van der Waals surface area contributed by atoms with E-state index in [0.29, 0.717) is 0 Å². The van der Waals surface area contributed by atoms with Crippen LogP contribution in [0.3, 0.4) is 0 Å². The van der Waals surface area contributed by atoms with Crippen LogP contribution >= 0.6 is 0 Å². The lowest BCUT2D eigenvalue weighted by atomic mass is 10.1. The molecular formula is C12H15F2NO. The van der Waals surface area contributed by atoms with E-state index in [9.17, 15) is 8.78 Å². The number of piperidine rings is 1. The lowest BCUT2D eigenvalue weighted by Gasteiger charge is -2.23. The smallest absolute Gasteiger partial charge is 0.131 e. The largest absolute Gasteiger partial charge is 0.372 e. The van der Waals surface area contributed by atoms with Crippen LogP contribution in [0, 0.1) is 11.6 Å². The minimum absolute atomic E-state index is 0.00481. The highest BCUT2D eigenvalue weighted by Gasteiger charge is 2.15. The molecular weight excluding hydrogens is 212 g/mol. The Morgan fingerprint density at radius 3 is 2.69 bits per heavy atom. The zero-order valence-electron chi connectivity index (χ0n) is 9.01. The minimum atomic E-state index is -0.538. The van der Waals surface area contributed by atoms with Crippen molar-refractivity contribution in [3.05, 3.63) is 35.4 Å². The average molecular weight is 227 g/mol. The van der Waals surface area contributed by atoms with Crippen LogP contribution in [-0.2, 0) is 11.3 Å². The number of halogens is 2. The van der Waals surface area contributed by atoms with Crippen LogP contribution in [0.25, 0.3) is 0 Å². The molecule has 0 bridgehead atoms. The fourth-order valence-corrected chi connectivity index (χ4v) is 1.83. The molecule has 1 N–H and O–H groups in total. The summed E-state index contributed by atoms with van der Waals surface area (Å²) in [7, 11) is 0. The fraction of sp³-hybridized carbons (Fsp3) is 0.500.